The second-order valence-corrected chi connectivity index (χ2v) is 5.49. The quantitative estimate of drug-likeness (QED) is 0.912. The second-order valence-electron chi connectivity index (χ2n) is 4.63. The SMILES string of the molecule is C[C@@H]1CN(c2ccc(C(=O)O)c(Br)c2)C[C@H](C)O1. The first-order valence-corrected chi connectivity index (χ1v) is 6.70. The van der Waals surface area contributed by atoms with Gasteiger partial charge >= 0.3 is 5.97 Å². The first-order valence-electron chi connectivity index (χ1n) is 5.90. The van der Waals surface area contributed by atoms with Gasteiger partial charge in [-0.2, -0.15) is 0 Å². The van der Waals surface area contributed by atoms with Crippen molar-refractivity contribution in [3.05, 3.63) is 28.2 Å². The molecule has 0 unspecified atom stereocenters. The molecule has 0 bridgehead atoms. The molecule has 18 heavy (non-hydrogen) atoms. The van der Waals surface area contributed by atoms with Crippen LogP contribution in [0.5, 0.6) is 0 Å². The Morgan fingerprint density at radius 1 is 1.39 bits per heavy atom. The summed E-state index contributed by atoms with van der Waals surface area (Å²) in [4.78, 5) is 13.2. The number of carboxylic acids is 1. The number of nitrogens with zero attached hydrogens (tertiary/aromatic N) is 1. The van der Waals surface area contributed by atoms with Gasteiger partial charge in [0.25, 0.3) is 0 Å². The average molecular weight is 314 g/mol. The molecular formula is C13H16BrNO3. The fourth-order valence-electron chi connectivity index (χ4n) is 2.26. The van der Waals surface area contributed by atoms with Gasteiger partial charge in [-0.3, -0.25) is 0 Å². The molecule has 0 saturated carbocycles. The smallest absolute Gasteiger partial charge is 0.336 e. The minimum atomic E-state index is -0.919. The molecule has 0 spiro atoms. The summed E-state index contributed by atoms with van der Waals surface area (Å²) in [7, 11) is 0. The number of ether oxygens (including phenoxy) is 1. The van der Waals surface area contributed by atoms with Crippen LogP contribution in [0.15, 0.2) is 22.7 Å². The van der Waals surface area contributed by atoms with Gasteiger partial charge in [0.1, 0.15) is 0 Å². The first-order chi connectivity index (χ1) is 8.47. The maximum Gasteiger partial charge on any atom is 0.336 e. The molecule has 98 valence electrons. The standard InChI is InChI=1S/C13H16BrNO3/c1-8-6-15(7-9(2)18-8)10-3-4-11(13(16)17)12(14)5-10/h3-5,8-9H,6-7H2,1-2H3,(H,16,17)/t8-,9+. The van der Waals surface area contributed by atoms with Gasteiger partial charge in [0.05, 0.1) is 17.8 Å². The van der Waals surface area contributed by atoms with Crippen molar-refractivity contribution in [2.75, 3.05) is 18.0 Å². The number of aromatic carboxylic acids is 1. The molecule has 0 radical (unpaired) electrons. The Hall–Kier alpha value is -1.07. The fourth-order valence-corrected chi connectivity index (χ4v) is 2.80. The van der Waals surface area contributed by atoms with Gasteiger partial charge in [-0.25, -0.2) is 4.79 Å². The predicted molar refractivity (Wildman–Crippen MR) is 73.3 cm³/mol. The van der Waals surface area contributed by atoms with Crippen molar-refractivity contribution in [2.45, 2.75) is 26.1 Å². The van der Waals surface area contributed by atoms with E-state index < -0.39 is 5.97 Å². The van der Waals surface area contributed by atoms with Crippen LogP contribution in [0, 0.1) is 0 Å². The lowest BCUT2D eigenvalue weighted by atomic mass is 10.1. The van der Waals surface area contributed by atoms with E-state index in [2.05, 4.69) is 20.8 Å². The lowest BCUT2D eigenvalue weighted by Gasteiger charge is -2.37. The zero-order valence-corrected chi connectivity index (χ0v) is 12.0. The highest BCUT2D eigenvalue weighted by molar-refractivity contribution is 9.10. The number of hydrogen-bond acceptors (Lipinski definition) is 3. The Balaban J connectivity index is 2.23. The summed E-state index contributed by atoms with van der Waals surface area (Å²) in [5, 5.41) is 8.99. The van der Waals surface area contributed by atoms with E-state index in [-0.39, 0.29) is 17.8 Å². The molecule has 1 aliphatic rings. The number of carboxylic acid groups (broad SMARTS) is 1. The number of hydrogen-bond donors (Lipinski definition) is 1. The molecule has 0 aliphatic carbocycles. The van der Waals surface area contributed by atoms with E-state index in [1.165, 1.54) is 0 Å². The Morgan fingerprint density at radius 2 is 2.00 bits per heavy atom. The van der Waals surface area contributed by atoms with Crippen LogP contribution in [0.1, 0.15) is 24.2 Å². The number of morpholine rings is 1. The van der Waals surface area contributed by atoms with Crippen molar-refractivity contribution in [2.24, 2.45) is 0 Å². The molecule has 4 nitrogen and oxygen atoms in total. The minimum absolute atomic E-state index is 0.187. The van der Waals surface area contributed by atoms with Gasteiger partial charge in [-0.05, 0) is 48.0 Å². The summed E-state index contributed by atoms with van der Waals surface area (Å²) in [5.41, 5.74) is 1.31. The lowest BCUT2D eigenvalue weighted by Crippen LogP contribution is -2.45. The number of carbonyl (C=O) groups is 1. The number of halogens is 1. The monoisotopic (exact) mass is 313 g/mol. The van der Waals surface area contributed by atoms with Gasteiger partial charge in [-0.15, -0.1) is 0 Å². The number of benzene rings is 1. The Kier molecular flexibility index (Phi) is 3.92. The van der Waals surface area contributed by atoms with Gasteiger partial charge in [0, 0.05) is 23.2 Å². The van der Waals surface area contributed by atoms with E-state index in [1.54, 1.807) is 6.07 Å². The van der Waals surface area contributed by atoms with Crippen LogP contribution in [-0.2, 0) is 4.74 Å². The minimum Gasteiger partial charge on any atom is -0.478 e. The van der Waals surface area contributed by atoms with Crippen LogP contribution in [0.3, 0.4) is 0 Å². The lowest BCUT2D eigenvalue weighted by molar-refractivity contribution is -0.00522. The van der Waals surface area contributed by atoms with Gasteiger partial charge < -0.3 is 14.7 Å². The normalized spacial score (nSPS) is 24.1. The van der Waals surface area contributed by atoms with E-state index in [4.69, 9.17) is 9.84 Å². The van der Waals surface area contributed by atoms with Crippen molar-refractivity contribution >= 4 is 27.6 Å². The molecule has 1 fully saturated rings. The Bertz CT molecular complexity index is 454. The third kappa shape index (κ3) is 2.84. The van der Waals surface area contributed by atoms with Crippen LogP contribution in [0.4, 0.5) is 5.69 Å². The molecule has 2 rings (SSSR count). The fraction of sp³-hybridized carbons (Fsp3) is 0.462. The highest BCUT2D eigenvalue weighted by Crippen LogP contribution is 2.26. The van der Waals surface area contributed by atoms with E-state index in [1.807, 2.05) is 26.0 Å². The van der Waals surface area contributed by atoms with Crippen LogP contribution in [-0.4, -0.2) is 36.4 Å². The first kappa shape index (κ1) is 13.4. The maximum atomic E-state index is 10.9. The summed E-state index contributed by atoms with van der Waals surface area (Å²) < 4.78 is 6.29. The Labute approximate surface area is 115 Å². The molecule has 1 aliphatic heterocycles. The summed E-state index contributed by atoms with van der Waals surface area (Å²) >= 11 is 3.31. The van der Waals surface area contributed by atoms with Crippen molar-refractivity contribution in [3.63, 3.8) is 0 Å². The van der Waals surface area contributed by atoms with E-state index in [0.29, 0.717) is 4.47 Å². The molecular weight excluding hydrogens is 298 g/mol. The van der Waals surface area contributed by atoms with Crippen LogP contribution in [0.2, 0.25) is 0 Å². The third-order valence-electron chi connectivity index (χ3n) is 2.97. The van der Waals surface area contributed by atoms with Crippen LogP contribution < -0.4 is 4.90 Å². The second kappa shape index (κ2) is 5.28. The zero-order chi connectivity index (χ0) is 13.3. The maximum absolute atomic E-state index is 10.9. The highest BCUT2D eigenvalue weighted by Gasteiger charge is 2.23. The molecule has 1 aromatic rings. The topological polar surface area (TPSA) is 49.8 Å². The van der Waals surface area contributed by atoms with E-state index >= 15 is 0 Å². The largest absolute Gasteiger partial charge is 0.478 e. The molecule has 1 heterocycles. The summed E-state index contributed by atoms with van der Waals surface area (Å²) in [6.45, 7) is 5.74. The van der Waals surface area contributed by atoms with Crippen LogP contribution in [0.25, 0.3) is 0 Å². The number of rotatable bonds is 2. The zero-order valence-electron chi connectivity index (χ0n) is 10.4. The van der Waals surface area contributed by atoms with Gasteiger partial charge in [0.15, 0.2) is 0 Å². The van der Waals surface area contributed by atoms with Gasteiger partial charge in [0.2, 0.25) is 0 Å². The summed E-state index contributed by atoms with van der Waals surface area (Å²) in [6, 6.07) is 5.33. The van der Waals surface area contributed by atoms with Crippen molar-refractivity contribution < 1.29 is 14.6 Å². The highest BCUT2D eigenvalue weighted by atomic mass is 79.9. The van der Waals surface area contributed by atoms with Crippen LogP contribution >= 0.6 is 15.9 Å². The van der Waals surface area contributed by atoms with Crippen molar-refractivity contribution in [1.82, 2.24) is 0 Å². The summed E-state index contributed by atoms with van der Waals surface area (Å²) in [6.07, 6.45) is 0.373. The van der Waals surface area contributed by atoms with E-state index in [9.17, 15) is 4.79 Å². The van der Waals surface area contributed by atoms with Gasteiger partial charge in [-0.1, -0.05) is 0 Å². The molecule has 2 atom stereocenters. The van der Waals surface area contributed by atoms with Crippen molar-refractivity contribution in [1.29, 1.82) is 0 Å². The molecule has 1 saturated heterocycles. The molecule has 1 aromatic carbocycles. The van der Waals surface area contributed by atoms with Crippen molar-refractivity contribution in [3.8, 4) is 0 Å². The predicted octanol–water partition coefficient (Wildman–Crippen LogP) is 2.76. The average Bonchev–Trinajstić information content (AvgIpc) is 2.26. The molecule has 0 amide bonds. The molecule has 5 heteroatoms. The number of anilines is 1. The van der Waals surface area contributed by atoms with E-state index in [0.717, 1.165) is 18.8 Å². The molecule has 0 aromatic heterocycles. The Morgan fingerprint density at radius 3 is 2.50 bits per heavy atom. The molecule has 1 N–H and O–H groups in total. The summed E-state index contributed by atoms with van der Waals surface area (Å²) in [5.74, 6) is -0.919. The third-order valence-corrected chi connectivity index (χ3v) is 3.62.